The predicted molar refractivity (Wildman–Crippen MR) is 5.67 cm³/mol. The van der Waals surface area contributed by atoms with Crippen LogP contribution in [-0.2, 0) is 26.0 Å². The van der Waals surface area contributed by atoms with E-state index >= 15 is 0 Å². The monoisotopic (exact) mass is 202 g/mol. The minimum atomic E-state index is -5.94. The van der Waals surface area contributed by atoms with E-state index < -0.39 is 15.5 Å². The molecule has 40 valence electrons. The average Bonchev–Trinajstić information content (AvgIpc) is 0.722. The molecule has 0 aliphatic carbocycles. The quantitative estimate of drug-likeness (QED) is 0.366. The number of hydrogen-bond donors (Lipinski definition) is 0. The van der Waals surface area contributed by atoms with Crippen molar-refractivity contribution in [2.75, 3.05) is 0 Å². The van der Waals surface area contributed by atoms with Crippen LogP contribution in [0.2, 0.25) is 0 Å². The molecule has 0 bridgehead atoms. The first-order valence-corrected chi connectivity index (χ1v) is 3.65. The topological polar surface area (TPSA) is 106 Å². The van der Waals surface area contributed by atoms with Crippen LogP contribution in [0.4, 0.5) is 0 Å². The summed E-state index contributed by atoms with van der Waals surface area (Å²) in [5, 5.41) is 0. The van der Waals surface area contributed by atoms with Gasteiger partial charge in [0.25, 0.3) is 0 Å². The Morgan fingerprint density at radius 1 is 1.14 bits per heavy atom. The van der Waals surface area contributed by atoms with Crippen LogP contribution < -0.4 is 33.4 Å². The summed E-state index contributed by atoms with van der Waals surface area (Å²) in [6.45, 7) is 0. The molecule has 0 rings (SSSR count). The first kappa shape index (κ1) is 15.7. The molecule has 0 saturated carbocycles. The Hall–Kier alpha value is 0.969. The number of hydrogen-bond acceptors (Lipinski definition) is 4. The van der Waals surface area contributed by atoms with Gasteiger partial charge >= 0.3 is 59.5 Å². The maximum absolute atomic E-state index is 8.62. The first-order chi connectivity index (χ1) is 2.00. The zero-order valence-corrected chi connectivity index (χ0v) is 7.37. The van der Waals surface area contributed by atoms with E-state index in [-0.39, 0.29) is 35.0 Å². The van der Waals surface area contributed by atoms with Crippen LogP contribution in [0.25, 0.3) is 0 Å². The van der Waals surface area contributed by atoms with E-state index in [4.69, 9.17) is 14.4 Å². The van der Waals surface area contributed by atoms with Crippen molar-refractivity contribution in [3.05, 3.63) is 0 Å². The summed E-state index contributed by atoms with van der Waals surface area (Å²) in [6, 6.07) is 0. The van der Waals surface area contributed by atoms with Gasteiger partial charge in [-0.05, 0) is 0 Å². The van der Waals surface area contributed by atoms with E-state index in [2.05, 4.69) is 0 Å². The Morgan fingerprint density at radius 2 is 1.14 bits per heavy atom. The fourth-order valence-corrected chi connectivity index (χ4v) is 0. The molecule has 0 aromatic rings. The van der Waals surface area contributed by atoms with Gasteiger partial charge in [0.05, 0.1) is 0 Å². The minimum absolute atomic E-state index is 0. The molecule has 0 aromatic heterocycles. The Bertz CT molecular complexity index is 129. The van der Waals surface area contributed by atoms with Crippen molar-refractivity contribution in [2.45, 2.75) is 0 Å². The molecule has 0 saturated heterocycles. The molecule has 0 aromatic carbocycles. The van der Waals surface area contributed by atoms with E-state index in [9.17, 15) is 0 Å². The Labute approximate surface area is 64.5 Å². The molecule has 2 N–H and O–H groups in total. The number of rotatable bonds is 0. The average molecular weight is 203 g/mol. The van der Waals surface area contributed by atoms with Crippen LogP contribution >= 0.6 is 0 Å². The van der Waals surface area contributed by atoms with Crippen LogP contribution in [0.1, 0.15) is 0 Å². The third-order valence-corrected chi connectivity index (χ3v) is 0. The summed E-state index contributed by atoms with van der Waals surface area (Å²) in [6.07, 6.45) is 0. The summed E-state index contributed by atoms with van der Waals surface area (Å²) in [5.74, 6) is 0. The standard InChI is InChI=1S/Na.H2O.4O.Tc/h;1H2;;;;;/q+1;;;;;-1;. The molecule has 0 aliphatic heterocycles. The van der Waals surface area contributed by atoms with Gasteiger partial charge < -0.3 is 5.48 Å². The Morgan fingerprint density at radius 3 is 1.14 bits per heavy atom. The van der Waals surface area contributed by atoms with Gasteiger partial charge in [-0.15, -0.1) is 0 Å². The zero-order chi connectivity index (χ0) is 4.50. The second-order valence-corrected chi connectivity index (χ2v) is 2.24. The fraction of sp³-hybridized carbons (Fsp3) is 0. The normalized spacial score (nSPS) is 8.14. The van der Waals surface area contributed by atoms with Gasteiger partial charge in [-0.3, -0.25) is 0 Å². The van der Waals surface area contributed by atoms with Crippen molar-refractivity contribution < 1.29 is 64.9 Å². The Kier molecular flexibility index (Phi) is 11.4. The molecule has 0 heterocycles. The van der Waals surface area contributed by atoms with Crippen molar-refractivity contribution in [3.8, 4) is 0 Å². The summed E-state index contributed by atoms with van der Waals surface area (Å²) in [5.41, 5.74) is 0. The molecule has 0 unspecified atom stereocenters. The molecule has 0 fully saturated rings. The van der Waals surface area contributed by atoms with Gasteiger partial charge in [-0.2, -0.15) is 0 Å². The summed E-state index contributed by atoms with van der Waals surface area (Å²) in [4.78, 5) is 0. The second-order valence-electron chi connectivity index (χ2n) is 0.378. The summed E-state index contributed by atoms with van der Waals surface area (Å²) >= 11 is -5.94. The molecular weight excluding hydrogens is 201 g/mol. The van der Waals surface area contributed by atoms with E-state index in [1.807, 2.05) is 0 Å². The van der Waals surface area contributed by atoms with E-state index in [0.29, 0.717) is 0 Å². The molecule has 7 heavy (non-hydrogen) atoms. The van der Waals surface area contributed by atoms with Crippen molar-refractivity contribution in [1.82, 2.24) is 0 Å². The van der Waals surface area contributed by atoms with Gasteiger partial charge in [0, 0.05) is 0 Å². The van der Waals surface area contributed by atoms with Gasteiger partial charge in [0.15, 0.2) is 0 Å². The molecule has 0 aliphatic rings. The third-order valence-electron chi connectivity index (χ3n) is 0. The van der Waals surface area contributed by atoms with Crippen LogP contribution in [0, 0.1) is 0 Å². The van der Waals surface area contributed by atoms with E-state index in [1.54, 1.807) is 0 Å². The van der Waals surface area contributed by atoms with Gasteiger partial charge in [-0.1, -0.05) is 0 Å². The molecular formula is H2NaO5Tc. The van der Waals surface area contributed by atoms with Crippen LogP contribution in [-0.4, -0.2) is 5.48 Å². The molecule has 7 heteroatoms. The molecule has 0 spiro atoms. The SMILES string of the molecule is O.[Na+].[O]=[Tc](=[O])(=[O])[O-]. The van der Waals surface area contributed by atoms with E-state index in [1.165, 1.54) is 0 Å². The molecule has 0 atom stereocenters. The summed E-state index contributed by atoms with van der Waals surface area (Å²) < 4.78 is 34.5. The van der Waals surface area contributed by atoms with Crippen LogP contribution in [0.15, 0.2) is 0 Å². The van der Waals surface area contributed by atoms with Crippen molar-refractivity contribution in [2.24, 2.45) is 0 Å². The van der Waals surface area contributed by atoms with Gasteiger partial charge in [0.1, 0.15) is 0 Å². The molecule has 0 radical (unpaired) electrons. The van der Waals surface area contributed by atoms with Crippen molar-refractivity contribution in [1.29, 1.82) is 0 Å². The second kappa shape index (κ2) is 5.11. The maximum atomic E-state index is 8.62. The van der Waals surface area contributed by atoms with Crippen molar-refractivity contribution in [3.63, 3.8) is 0 Å². The first-order valence-electron chi connectivity index (χ1n) is 0.617. The van der Waals surface area contributed by atoms with Crippen LogP contribution in [0.5, 0.6) is 0 Å². The zero-order valence-electron chi connectivity index (χ0n) is 3.51. The summed E-state index contributed by atoms with van der Waals surface area (Å²) in [7, 11) is 0. The van der Waals surface area contributed by atoms with Crippen LogP contribution in [0.3, 0.4) is 0 Å². The molecule has 0 amide bonds. The van der Waals surface area contributed by atoms with Crippen molar-refractivity contribution >= 4 is 0 Å². The fourth-order valence-electron chi connectivity index (χ4n) is 0. The van der Waals surface area contributed by atoms with Gasteiger partial charge in [-0.25, -0.2) is 0 Å². The van der Waals surface area contributed by atoms with Gasteiger partial charge in [0.2, 0.25) is 0 Å². The Balaban J connectivity index is -0.0000000800. The molecule has 5 nitrogen and oxygen atoms in total. The van der Waals surface area contributed by atoms with E-state index in [0.717, 1.165) is 0 Å². The predicted octanol–water partition coefficient (Wildman–Crippen LogP) is -5.37. The third kappa shape index (κ3) is 183.